The van der Waals surface area contributed by atoms with Gasteiger partial charge in [-0.3, -0.25) is 9.59 Å². The van der Waals surface area contributed by atoms with Crippen LogP contribution in [0.2, 0.25) is 5.02 Å². The molecular formula is C23H18ClN3O2S. The van der Waals surface area contributed by atoms with Crippen molar-refractivity contribution in [2.24, 2.45) is 0 Å². The average molecular weight is 436 g/mol. The number of thiocarbonyl (C=S) groups is 1. The molecule has 3 aromatic carbocycles. The van der Waals surface area contributed by atoms with E-state index < -0.39 is 0 Å². The molecule has 0 bridgehead atoms. The molecule has 2 amide bonds. The predicted molar refractivity (Wildman–Crippen MR) is 123 cm³/mol. The van der Waals surface area contributed by atoms with Gasteiger partial charge in [0.1, 0.15) is 0 Å². The Bertz CT molecular complexity index is 1110. The molecule has 4 rings (SSSR count). The van der Waals surface area contributed by atoms with Crippen molar-refractivity contribution in [2.45, 2.75) is 13.0 Å². The molecule has 0 unspecified atom stereocenters. The molecular weight excluding hydrogens is 418 g/mol. The molecule has 0 aliphatic carbocycles. The van der Waals surface area contributed by atoms with Gasteiger partial charge in [-0.1, -0.05) is 41.9 Å². The first-order valence-corrected chi connectivity index (χ1v) is 10.1. The lowest BCUT2D eigenvalue weighted by molar-refractivity contribution is -0.119. The minimum Gasteiger partial charge on any atom is -0.332 e. The highest BCUT2D eigenvalue weighted by atomic mass is 35.5. The third-order valence-electron chi connectivity index (χ3n) is 4.79. The number of rotatable bonds is 4. The van der Waals surface area contributed by atoms with Gasteiger partial charge in [0.2, 0.25) is 5.91 Å². The van der Waals surface area contributed by atoms with Crippen LogP contribution < -0.4 is 15.5 Å². The summed E-state index contributed by atoms with van der Waals surface area (Å²) in [6, 6.07) is 22.1. The molecule has 0 fully saturated rings. The van der Waals surface area contributed by atoms with E-state index in [0.717, 1.165) is 28.1 Å². The first-order chi connectivity index (χ1) is 14.5. The van der Waals surface area contributed by atoms with Crippen LogP contribution in [0, 0.1) is 0 Å². The van der Waals surface area contributed by atoms with Crippen LogP contribution in [0.1, 0.15) is 21.5 Å². The molecule has 7 heteroatoms. The van der Waals surface area contributed by atoms with Crippen LogP contribution in [0.3, 0.4) is 0 Å². The van der Waals surface area contributed by atoms with Crippen molar-refractivity contribution in [3.63, 3.8) is 0 Å². The highest BCUT2D eigenvalue weighted by Crippen LogP contribution is 2.28. The van der Waals surface area contributed by atoms with Gasteiger partial charge in [0.25, 0.3) is 5.91 Å². The Morgan fingerprint density at radius 1 is 1.00 bits per heavy atom. The topological polar surface area (TPSA) is 61.4 Å². The molecule has 0 aromatic heterocycles. The highest BCUT2D eigenvalue weighted by molar-refractivity contribution is 7.80. The molecule has 0 spiro atoms. The maximum Gasteiger partial charge on any atom is 0.258 e. The van der Waals surface area contributed by atoms with Crippen LogP contribution in [-0.4, -0.2) is 16.9 Å². The van der Waals surface area contributed by atoms with E-state index in [1.165, 1.54) is 0 Å². The number of hydrogen-bond donors (Lipinski definition) is 2. The Balaban J connectivity index is 1.33. The van der Waals surface area contributed by atoms with Gasteiger partial charge in [-0.15, -0.1) is 0 Å². The lowest BCUT2D eigenvalue weighted by Gasteiger charge is -2.16. The Morgan fingerprint density at radius 2 is 1.70 bits per heavy atom. The van der Waals surface area contributed by atoms with Crippen LogP contribution in [0.4, 0.5) is 11.4 Å². The monoisotopic (exact) mass is 435 g/mol. The summed E-state index contributed by atoms with van der Waals surface area (Å²) >= 11 is 11.1. The normalized spacial score (nSPS) is 12.4. The molecule has 1 aliphatic rings. The third-order valence-corrected chi connectivity index (χ3v) is 5.25. The van der Waals surface area contributed by atoms with Gasteiger partial charge in [-0.05, 0) is 65.8 Å². The van der Waals surface area contributed by atoms with Crippen LogP contribution in [0.5, 0.6) is 0 Å². The Hall–Kier alpha value is -3.22. The number of benzene rings is 3. The molecule has 2 N–H and O–H groups in total. The Labute approximate surface area is 184 Å². The second kappa shape index (κ2) is 8.65. The van der Waals surface area contributed by atoms with Crippen LogP contribution in [0.15, 0.2) is 72.8 Å². The van der Waals surface area contributed by atoms with Crippen molar-refractivity contribution in [3.8, 4) is 0 Å². The van der Waals surface area contributed by atoms with Gasteiger partial charge in [0.15, 0.2) is 5.11 Å². The number of fused-ring (bicyclic) bond motifs is 1. The largest absolute Gasteiger partial charge is 0.332 e. The van der Waals surface area contributed by atoms with Gasteiger partial charge in [-0.2, -0.15) is 0 Å². The van der Waals surface area contributed by atoms with Gasteiger partial charge >= 0.3 is 0 Å². The smallest absolute Gasteiger partial charge is 0.258 e. The van der Waals surface area contributed by atoms with E-state index in [1.807, 2.05) is 48.5 Å². The van der Waals surface area contributed by atoms with Crippen molar-refractivity contribution in [1.82, 2.24) is 5.32 Å². The zero-order valence-corrected chi connectivity index (χ0v) is 17.5. The van der Waals surface area contributed by atoms with Crippen LogP contribution in [-0.2, 0) is 17.8 Å². The van der Waals surface area contributed by atoms with Crippen LogP contribution in [0.25, 0.3) is 0 Å². The zero-order valence-electron chi connectivity index (χ0n) is 15.9. The molecule has 1 heterocycles. The summed E-state index contributed by atoms with van der Waals surface area (Å²) in [4.78, 5) is 26.5. The van der Waals surface area contributed by atoms with Crippen LogP contribution >= 0.6 is 23.8 Å². The van der Waals surface area contributed by atoms with Crippen molar-refractivity contribution >= 4 is 52.1 Å². The van der Waals surface area contributed by atoms with Gasteiger partial charge < -0.3 is 15.5 Å². The zero-order chi connectivity index (χ0) is 21.1. The predicted octanol–water partition coefficient (Wildman–Crippen LogP) is 4.56. The maximum absolute atomic E-state index is 12.6. The summed E-state index contributed by atoms with van der Waals surface area (Å²) in [6.07, 6.45) is 0.204. The summed E-state index contributed by atoms with van der Waals surface area (Å²) in [5, 5.41) is 6.49. The standard InChI is InChI=1S/C23H18ClN3O2S/c24-17-7-5-15(6-8-17)13-21(28)26-23(30)25-18-9-11-19(12-10-18)27-14-16-3-1-2-4-20(16)22(27)29/h1-12H,13-14H2,(H2,25,26,28,30). The Kier molecular flexibility index (Phi) is 5.79. The fraction of sp³-hybridized carbons (Fsp3) is 0.0870. The number of nitrogens with one attached hydrogen (secondary N) is 2. The first-order valence-electron chi connectivity index (χ1n) is 9.35. The SMILES string of the molecule is O=C(Cc1ccc(Cl)cc1)NC(=S)Nc1ccc(N2Cc3ccccc3C2=O)cc1. The maximum atomic E-state index is 12.6. The second-order valence-electron chi connectivity index (χ2n) is 6.90. The lowest BCUT2D eigenvalue weighted by atomic mass is 10.1. The van der Waals surface area contributed by atoms with E-state index in [0.29, 0.717) is 11.6 Å². The summed E-state index contributed by atoms with van der Waals surface area (Å²) in [5.41, 5.74) is 4.14. The van der Waals surface area contributed by atoms with E-state index in [-0.39, 0.29) is 23.3 Å². The number of amides is 2. The number of anilines is 2. The van der Waals surface area contributed by atoms with Gasteiger partial charge in [0.05, 0.1) is 13.0 Å². The molecule has 0 atom stereocenters. The second-order valence-corrected chi connectivity index (χ2v) is 7.75. The molecule has 0 radical (unpaired) electrons. The summed E-state index contributed by atoms with van der Waals surface area (Å²) in [7, 11) is 0. The fourth-order valence-electron chi connectivity index (χ4n) is 3.31. The Morgan fingerprint density at radius 3 is 2.40 bits per heavy atom. The highest BCUT2D eigenvalue weighted by Gasteiger charge is 2.27. The summed E-state index contributed by atoms with van der Waals surface area (Å²) < 4.78 is 0. The van der Waals surface area contributed by atoms with Crippen molar-refractivity contribution < 1.29 is 9.59 Å². The number of carbonyl (C=O) groups is 2. The number of carbonyl (C=O) groups excluding carboxylic acids is 2. The van der Waals surface area contributed by atoms with E-state index >= 15 is 0 Å². The summed E-state index contributed by atoms with van der Waals surface area (Å²) in [5.74, 6) is -0.219. The van der Waals surface area contributed by atoms with Gasteiger partial charge in [-0.25, -0.2) is 0 Å². The molecule has 1 aliphatic heterocycles. The van der Waals surface area contributed by atoms with Crippen molar-refractivity contribution in [1.29, 1.82) is 0 Å². The number of halogens is 1. The molecule has 30 heavy (non-hydrogen) atoms. The van der Waals surface area contributed by atoms with E-state index in [2.05, 4.69) is 10.6 Å². The molecule has 3 aromatic rings. The molecule has 150 valence electrons. The van der Waals surface area contributed by atoms with E-state index in [4.69, 9.17) is 23.8 Å². The van der Waals surface area contributed by atoms with Gasteiger partial charge in [0, 0.05) is 22.0 Å². The van der Waals surface area contributed by atoms with E-state index in [1.54, 1.807) is 29.2 Å². The summed E-state index contributed by atoms with van der Waals surface area (Å²) in [6.45, 7) is 0.556. The number of nitrogens with zero attached hydrogens (tertiary/aromatic N) is 1. The van der Waals surface area contributed by atoms with Crippen molar-refractivity contribution in [3.05, 3.63) is 94.5 Å². The fourth-order valence-corrected chi connectivity index (χ4v) is 3.67. The quantitative estimate of drug-likeness (QED) is 0.590. The lowest BCUT2D eigenvalue weighted by Crippen LogP contribution is -2.35. The average Bonchev–Trinajstić information content (AvgIpc) is 3.07. The molecule has 0 saturated heterocycles. The van der Waals surface area contributed by atoms with E-state index in [9.17, 15) is 9.59 Å². The third kappa shape index (κ3) is 4.50. The first kappa shape index (κ1) is 20.1. The molecule has 5 nitrogen and oxygen atoms in total. The minimum absolute atomic E-state index is 0.00343. The number of hydrogen-bond acceptors (Lipinski definition) is 3. The van der Waals surface area contributed by atoms with Crippen molar-refractivity contribution in [2.75, 3.05) is 10.2 Å². The minimum atomic E-state index is -0.216. The molecule has 0 saturated carbocycles.